The highest BCUT2D eigenvalue weighted by atomic mass is 16.2. The first-order valence-corrected chi connectivity index (χ1v) is 6.29. The maximum atomic E-state index is 11.9. The molecule has 1 saturated heterocycles. The third-order valence-electron chi connectivity index (χ3n) is 3.11. The second-order valence-electron chi connectivity index (χ2n) is 4.30. The van der Waals surface area contributed by atoms with Crippen LogP contribution in [-0.2, 0) is 4.79 Å². The van der Waals surface area contributed by atoms with Crippen molar-refractivity contribution >= 4 is 5.91 Å². The van der Waals surface area contributed by atoms with E-state index in [0.29, 0.717) is 11.9 Å². The van der Waals surface area contributed by atoms with Crippen molar-refractivity contribution in [3.8, 4) is 0 Å². The fourth-order valence-electron chi connectivity index (χ4n) is 1.98. The molecule has 1 fully saturated rings. The topological polar surface area (TPSA) is 32.3 Å². The summed E-state index contributed by atoms with van der Waals surface area (Å²) < 4.78 is 0. The molecule has 15 heavy (non-hydrogen) atoms. The van der Waals surface area contributed by atoms with Gasteiger partial charge in [0.2, 0.25) is 5.91 Å². The Hall–Kier alpha value is -0.570. The first kappa shape index (κ1) is 12.5. The Morgan fingerprint density at radius 1 is 1.27 bits per heavy atom. The molecule has 0 bridgehead atoms. The third-order valence-corrected chi connectivity index (χ3v) is 3.11. The van der Waals surface area contributed by atoms with Gasteiger partial charge in [0.05, 0.1) is 6.04 Å². The van der Waals surface area contributed by atoms with Gasteiger partial charge in [-0.3, -0.25) is 4.79 Å². The first-order chi connectivity index (χ1) is 7.29. The molecule has 0 aliphatic carbocycles. The number of carbonyl (C=O) groups is 1. The summed E-state index contributed by atoms with van der Waals surface area (Å²) in [7, 11) is 0. The largest absolute Gasteiger partial charge is 0.337 e. The monoisotopic (exact) mass is 212 g/mol. The van der Waals surface area contributed by atoms with E-state index < -0.39 is 0 Å². The lowest BCUT2D eigenvalue weighted by Gasteiger charge is -2.37. The molecular formula is C12H24N2O. The van der Waals surface area contributed by atoms with Crippen molar-refractivity contribution in [1.82, 2.24) is 10.2 Å². The Bertz CT molecular complexity index is 190. The molecule has 0 saturated carbocycles. The number of nitrogens with zero attached hydrogens (tertiary/aromatic N) is 1. The number of rotatable bonds is 7. The maximum absolute atomic E-state index is 11.9. The zero-order chi connectivity index (χ0) is 11.1. The van der Waals surface area contributed by atoms with E-state index in [4.69, 9.17) is 0 Å². The lowest BCUT2D eigenvalue weighted by atomic mass is 10.1. The summed E-state index contributed by atoms with van der Waals surface area (Å²) in [6, 6.07) is 0.466. The average molecular weight is 212 g/mol. The van der Waals surface area contributed by atoms with Gasteiger partial charge in [-0.15, -0.1) is 0 Å². The van der Waals surface area contributed by atoms with Gasteiger partial charge in [0, 0.05) is 26.1 Å². The van der Waals surface area contributed by atoms with Crippen LogP contribution < -0.4 is 5.32 Å². The molecule has 0 spiro atoms. The van der Waals surface area contributed by atoms with Crippen molar-refractivity contribution in [3.63, 3.8) is 0 Å². The third kappa shape index (κ3) is 3.82. The molecule has 0 radical (unpaired) electrons. The van der Waals surface area contributed by atoms with E-state index in [2.05, 4.69) is 19.2 Å². The van der Waals surface area contributed by atoms with Gasteiger partial charge in [-0.05, 0) is 13.3 Å². The average Bonchev–Trinajstić information content (AvgIpc) is 2.17. The summed E-state index contributed by atoms with van der Waals surface area (Å²) in [5.74, 6) is 0.347. The summed E-state index contributed by atoms with van der Waals surface area (Å²) in [6.45, 7) is 7.09. The van der Waals surface area contributed by atoms with Crippen LogP contribution in [0.4, 0.5) is 0 Å². The molecule has 1 N–H and O–H groups in total. The number of nitrogens with one attached hydrogen (secondary N) is 1. The molecule has 1 rings (SSSR count). The fraction of sp³-hybridized carbons (Fsp3) is 0.917. The SMILES string of the molecule is CCCCCCC(=O)N(CC)C1CNC1. The highest BCUT2D eigenvalue weighted by Crippen LogP contribution is 2.10. The number of unbranched alkanes of at least 4 members (excludes halogenated alkanes) is 3. The lowest BCUT2D eigenvalue weighted by Crippen LogP contribution is -2.58. The van der Waals surface area contributed by atoms with Gasteiger partial charge >= 0.3 is 0 Å². The molecule has 1 aliphatic rings. The molecular weight excluding hydrogens is 188 g/mol. The Morgan fingerprint density at radius 2 is 2.00 bits per heavy atom. The van der Waals surface area contributed by atoms with Crippen molar-refractivity contribution < 1.29 is 4.79 Å². The molecule has 88 valence electrons. The molecule has 0 aromatic carbocycles. The highest BCUT2D eigenvalue weighted by Gasteiger charge is 2.26. The van der Waals surface area contributed by atoms with Crippen LogP contribution >= 0.6 is 0 Å². The molecule has 0 atom stereocenters. The van der Waals surface area contributed by atoms with E-state index in [-0.39, 0.29) is 0 Å². The van der Waals surface area contributed by atoms with Gasteiger partial charge in [-0.25, -0.2) is 0 Å². The molecule has 3 nitrogen and oxygen atoms in total. The highest BCUT2D eigenvalue weighted by molar-refractivity contribution is 5.76. The van der Waals surface area contributed by atoms with E-state index in [1.165, 1.54) is 19.3 Å². The minimum absolute atomic E-state index is 0.347. The van der Waals surface area contributed by atoms with E-state index >= 15 is 0 Å². The molecule has 0 unspecified atom stereocenters. The van der Waals surface area contributed by atoms with Crippen molar-refractivity contribution in [1.29, 1.82) is 0 Å². The second kappa shape index (κ2) is 6.83. The van der Waals surface area contributed by atoms with E-state index in [1.54, 1.807) is 0 Å². The van der Waals surface area contributed by atoms with Crippen molar-refractivity contribution in [2.75, 3.05) is 19.6 Å². The Labute approximate surface area is 93.2 Å². The zero-order valence-corrected chi connectivity index (χ0v) is 10.1. The van der Waals surface area contributed by atoms with E-state index in [9.17, 15) is 4.79 Å². The molecule has 0 aromatic rings. The van der Waals surface area contributed by atoms with Crippen LogP contribution in [0.3, 0.4) is 0 Å². The summed E-state index contributed by atoms with van der Waals surface area (Å²) in [5, 5.41) is 3.21. The van der Waals surface area contributed by atoms with Crippen LogP contribution in [0.25, 0.3) is 0 Å². The zero-order valence-electron chi connectivity index (χ0n) is 10.1. The molecule has 1 aliphatic heterocycles. The van der Waals surface area contributed by atoms with Gasteiger partial charge in [-0.1, -0.05) is 26.2 Å². The molecule has 3 heteroatoms. The lowest BCUT2D eigenvalue weighted by molar-refractivity contribution is -0.134. The quantitative estimate of drug-likeness (QED) is 0.652. The fourth-order valence-corrected chi connectivity index (χ4v) is 1.98. The number of amides is 1. The Morgan fingerprint density at radius 3 is 2.47 bits per heavy atom. The van der Waals surface area contributed by atoms with Crippen molar-refractivity contribution in [3.05, 3.63) is 0 Å². The summed E-state index contributed by atoms with van der Waals surface area (Å²) >= 11 is 0. The molecule has 1 heterocycles. The van der Waals surface area contributed by atoms with Crippen LogP contribution in [0.15, 0.2) is 0 Å². The minimum atomic E-state index is 0.347. The van der Waals surface area contributed by atoms with Gasteiger partial charge in [0.1, 0.15) is 0 Å². The minimum Gasteiger partial charge on any atom is -0.337 e. The number of likely N-dealkylation sites (N-methyl/N-ethyl adjacent to an activating group) is 1. The van der Waals surface area contributed by atoms with Crippen LogP contribution in [0.5, 0.6) is 0 Å². The number of hydrogen-bond acceptors (Lipinski definition) is 2. The second-order valence-corrected chi connectivity index (χ2v) is 4.30. The Kier molecular flexibility index (Phi) is 5.69. The normalized spacial score (nSPS) is 16.1. The van der Waals surface area contributed by atoms with Gasteiger partial charge < -0.3 is 10.2 Å². The molecule has 0 aromatic heterocycles. The van der Waals surface area contributed by atoms with Gasteiger partial charge in [0.15, 0.2) is 0 Å². The van der Waals surface area contributed by atoms with Crippen LogP contribution in [-0.4, -0.2) is 36.5 Å². The van der Waals surface area contributed by atoms with Crippen LogP contribution in [0.1, 0.15) is 46.0 Å². The standard InChI is InChI=1S/C12H24N2O/c1-3-5-6-7-8-12(15)14(4-2)11-9-13-10-11/h11,13H,3-10H2,1-2H3. The summed E-state index contributed by atoms with van der Waals surface area (Å²) in [5.41, 5.74) is 0. The summed E-state index contributed by atoms with van der Waals surface area (Å²) in [4.78, 5) is 13.9. The van der Waals surface area contributed by atoms with Crippen molar-refractivity contribution in [2.24, 2.45) is 0 Å². The van der Waals surface area contributed by atoms with E-state index in [1.807, 2.05) is 4.90 Å². The van der Waals surface area contributed by atoms with Gasteiger partial charge in [-0.2, -0.15) is 0 Å². The predicted octanol–water partition coefficient (Wildman–Crippen LogP) is 1.78. The summed E-state index contributed by atoms with van der Waals surface area (Å²) in [6.07, 6.45) is 5.49. The first-order valence-electron chi connectivity index (χ1n) is 6.29. The van der Waals surface area contributed by atoms with Crippen LogP contribution in [0.2, 0.25) is 0 Å². The van der Waals surface area contributed by atoms with Gasteiger partial charge in [0.25, 0.3) is 0 Å². The smallest absolute Gasteiger partial charge is 0.222 e. The number of hydrogen-bond donors (Lipinski definition) is 1. The van der Waals surface area contributed by atoms with Crippen LogP contribution in [0, 0.1) is 0 Å². The maximum Gasteiger partial charge on any atom is 0.222 e. The Balaban J connectivity index is 2.18. The van der Waals surface area contributed by atoms with Crippen molar-refractivity contribution in [2.45, 2.75) is 52.0 Å². The van der Waals surface area contributed by atoms with E-state index in [0.717, 1.165) is 32.5 Å². The predicted molar refractivity (Wildman–Crippen MR) is 62.8 cm³/mol. The molecule has 1 amide bonds. The number of carbonyl (C=O) groups excluding carboxylic acids is 1.